The van der Waals surface area contributed by atoms with Gasteiger partial charge in [-0.3, -0.25) is 0 Å². The molecule has 0 aliphatic carbocycles. The van der Waals surface area contributed by atoms with E-state index >= 15 is 0 Å². The third-order valence-corrected chi connectivity index (χ3v) is 5.50. The lowest BCUT2D eigenvalue weighted by molar-refractivity contribution is -0.665. The molecule has 0 saturated carbocycles. The molecule has 0 fully saturated rings. The van der Waals surface area contributed by atoms with Crippen molar-refractivity contribution in [2.45, 2.75) is 54.4 Å². The molecule has 0 N–H and O–H groups in total. The van der Waals surface area contributed by atoms with Gasteiger partial charge in [0.1, 0.15) is 7.05 Å². The van der Waals surface area contributed by atoms with Crippen LogP contribution in [-0.2, 0) is 7.05 Å². The van der Waals surface area contributed by atoms with Gasteiger partial charge in [-0.25, -0.2) is 0 Å². The third-order valence-electron chi connectivity index (χ3n) is 5.50. The molecule has 130 valence electrons. The van der Waals surface area contributed by atoms with E-state index in [9.17, 15) is 0 Å². The van der Waals surface area contributed by atoms with Gasteiger partial charge in [0.05, 0.1) is 12.3 Å². The summed E-state index contributed by atoms with van der Waals surface area (Å²) >= 11 is 0. The van der Waals surface area contributed by atoms with E-state index in [1.807, 2.05) is 0 Å². The summed E-state index contributed by atoms with van der Waals surface area (Å²) in [6.07, 6.45) is 0. The van der Waals surface area contributed by atoms with Crippen molar-refractivity contribution in [2.75, 3.05) is 0 Å². The van der Waals surface area contributed by atoms with E-state index in [4.69, 9.17) is 1.37 Å². The van der Waals surface area contributed by atoms with Crippen molar-refractivity contribution in [3.05, 3.63) is 63.8 Å². The Kier molecular flexibility index (Phi) is 4.11. The summed E-state index contributed by atoms with van der Waals surface area (Å²) in [5, 5.41) is 2.24. The standard InChI is InChI=1S/C24H30N/c1-14(2)21-13-23-20(11-17(21)5)12-18(6)25(8)24(23)22-10-15(3)9-16(4)19(22)7/h9-14H,1-8H3/q+1/i12D. The van der Waals surface area contributed by atoms with Gasteiger partial charge in [0.25, 0.3) is 0 Å². The zero-order valence-corrected chi connectivity index (χ0v) is 16.8. The Bertz CT molecular complexity index is 1030. The second-order valence-electron chi connectivity index (χ2n) is 7.78. The number of aromatic nitrogens is 1. The van der Waals surface area contributed by atoms with Gasteiger partial charge in [0, 0.05) is 13.0 Å². The maximum absolute atomic E-state index is 8.68. The van der Waals surface area contributed by atoms with Gasteiger partial charge >= 0.3 is 0 Å². The van der Waals surface area contributed by atoms with Gasteiger partial charge in [-0.1, -0.05) is 31.5 Å². The molecule has 0 atom stereocenters. The average molecular weight is 334 g/mol. The predicted molar refractivity (Wildman–Crippen MR) is 108 cm³/mol. The second-order valence-corrected chi connectivity index (χ2v) is 7.78. The quantitative estimate of drug-likeness (QED) is 0.507. The van der Waals surface area contributed by atoms with Gasteiger partial charge in [0.2, 0.25) is 5.69 Å². The molecule has 0 unspecified atom stereocenters. The number of fused-ring (bicyclic) bond motifs is 1. The van der Waals surface area contributed by atoms with E-state index in [1.165, 1.54) is 44.5 Å². The molecule has 25 heavy (non-hydrogen) atoms. The van der Waals surface area contributed by atoms with Crippen LogP contribution in [0.3, 0.4) is 0 Å². The fourth-order valence-electron chi connectivity index (χ4n) is 3.88. The van der Waals surface area contributed by atoms with Gasteiger partial charge < -0.3 is 0 Å². The zero-order valence-electron chi connectivity index (χ0n) is 17.8. The van der Waals surface area contributed by atoms with Crippen molar-refractivity contribution in [2.24, 2.45) is 7.05 Å². The molecule has 0 aliphatic heterocycles. The highest BCUT2D eigenvalue weighted by atomic mass is 14.9. The van der Waals surface area contributed by atoms with Crippen LogP contribution in [0, 0.1) is 34.6 Å². The molecule has 0 amide bonds. The van der Waals surface area contributed by atoms with Crippen molar-refractivity contribution >= 4 is 10.8 Å². The van der Waals surface area contributed by atoms with E-state index < -0.39 is 0 Å². The van der Waals surface area contributed by atoms with E-state index in [0.717, 1.165) is 11.1 Å². The fraction of sp³-hybridized carbons (Fsp3) is 0.375. The Hall–Kier alpha value is -2.15. The lowest BCUT2D eigenvalue weighted by atomic mass is 9.90. The van der Waals surface area contributed by atoms with E-state index in [1.54, 1.807) is 0 Å². The maximum Gasteiger partial charge on any atom is 0.220 e. The number of hydrogen-bond acceptors (Lipinski definition) is 0. The summed E-state index contributed by atoms with van der Waals surface area (Å²) in [5.74, 6) is 0.466. The Morgan fingerprint density at radius 1 is 0.920 bits per heavy atom. The summed E-state index contributed by atoms with van der Waals surface area (Å²) in [6.45, 7) is 15.2. The minimum atomic E-state index is 0.466. The van der Waals surface area contributed by atoms with Crippen LogP contribution in [0.2, 0.25) is 0 Å². The van der Waals surface area contributed by atoms with E-state index in [2.05, 4.69) is 84.3 Å². The van der Waals surface area contributed by atoms with Gasteiger partial charge in [0.15, 0.2) is 5.69 Å². The zero-order chi connectivity index (χ0) is 19.3. The topological polar surface area (TPSA) is 3.88 Å². The van der Waals surface area contributed by atoms with Crippen LogP contribution in [0.5, 0.6) is 0 Å². The first-order chi connectivity index (χ1) is 12.1. The fourth-order valence-corrected chi connectivity index (χ4v) is 3.88. The summed E-state index contributed by atoms with van der Waals surface area (Å²) in [5.41, 5.74) is 10.0. The number of hydrogen-bond donors (Lipinski definition) is 0. The minimum absolute atomic E-state index is 0.466. The number of rotatable bonds is 2. The van der Waals surface area contributed by atoms with Crippen molar-refractivity contribution in [1.29, 1.82) is 0 Å². The Morgan fingerprint density at radius 2 is 1.60 bits per heavy atom. The van der Waals surface area contributed by atoms with E-state index in [-0.39, 0.29) is 0 Å². The molecule has 3 rings (SSSR count). The van der Waals surface area contributed by atoms with Crippen molar-refractivity contribution in [1.82, 2.24) is 0 Å². The summed E-state index contributed by atoms with van der Waals surface area (Å²) in [6, 6.07) is 9.69. The normalized spacial score (nSPS) is 12.1. The Labute approximate surface area is 153 Å². The molecule has 0 radical (unpaired) electrons. The molecular formula is C24H30N+. The molecule has 1 aromatic heterocycles. The maximum atomic E-state index is 8.68. The van der Waals surface area contributed by atoms with E-state index in [0.29, 0.717) is 12.0 Å². The molecule has 2 aromatic carbocycles. The molecule has 0 bridgehead atoms. The highest BCUT2D eigenvalue weighted by molar-refractivity contribution is 5.95. The molecule has 1 nitrogen and oxygen atoms in total. The molecule has 0 saturated heterocycles. The first-order valence-corrected chi connectivity index (χ1v) is 9.15. The Morgan fingerprint density at radius 3 is 2.24 bits per heavy atom. The van der Waals surface area contributed by atoms with Crippen molar-refractivity contribution < 1.29 is 5.94 Å². The van der Waals surface area contributed by atoms with Crippen LogP contribution in [0.15, 0.2) is 30.3 Å². The van der Waals surface area contributed by atoms with Crippen LogP contribution >= 0.6 is 0 Å². The van der Waals surface area contributed by atoms with Crippen LogP contribution in [0.4, 0.5) is 0 Å². The Balaban J connectivity index is 2.55. The van der Waals surface area contributed by atoms with Crippen LogP contribution in [0.25, 0.3) is 22.0 Å². The smallest absolute Gasteiger partial charge is 0.198 e. The summed E-state index contributed by atoms with van der Waals surface area (Å²) in [7, 11) is 2.09. The first kappa shape index (κ1) is 16.3. The number of aryl methyl sites for hydroxylation is 3. The lowest BCUT2D eigenvalue weighted by Crippen LogP contribution is -2.35. The predicted octanol–water partition coefficient (Wildman–Crippen LogP) is 6.00. The van der Waals surface area contributed by atoms with Crippen LogP contribution in [0.1, 0.15) is 54.6 Å². The van der Waals surface area contributed by atoms with Gasteiger partial charge in [-0.05, 0) is 73.4 Å². The van der Waals surface area contributed by atoms with Gasteiger partial charge in [-0.2, -0.15) is 4.57 Å². The number of nitrogens with zero attached hydrogens (tertiary/aromatic N) is 1. The summed E-state index contributed by atoms with van der Waals surface area (Å²) < 4.78 is 10.9. The summed E-state index contributed by atoms with van der Waals surface area (Å²) in [4.78, 5) is 0. The molecule has 0 aliphatic rings. The highest BCUT2D eigenvalue weighted by Crippen LogP contribution is 2.34. The van der Waals surface area contributed by atoms with Gasteiger partial charge in [-0.15, -0.1) is 0 Å². The SMILES string of the molecule is [2H]c1c(C)[n+](C)c(-c2cc(C)cc(C)c2C)c2cc(C(C)C)c(C)cc12. The first-order valence-electron chi connectivity index (χ1n) is 9.65. The lowest BCUT2D eigenvalue weighted by Gasteiger charge is -2.16. The average Bonchev–Trinajstić information content (AvgIpc) is 2.57. The molecule has 3 aromatic rings. The second kappa shape index (κ2) is 6.29. The van der Waals surface area contributed by atoms with Crippen molar-refractivity contribution in [3.63, 3.8) is 0 Å². The monoisotopic (exact) mass is 333 g/mol. The highest BCUT2D eigenvalue weighted by Gasteiger charge is 2.22. The number of benzene rings is 2. The number of pyridine rings is 1. The largest absolute Gasteiger partial charge is 0.220 e. The molecular weight excluding hydrogens is 302 g/mol. The minimum Gasteiger partial charge on any atom is -0.198 e. The molecule has 1 heterocycles. The van der Waals surface area contributed by atoms with Crippen LogP contribution in [-0.4, -0.2) is 0 Å². The third kappa shape index (κ3) is 2.97. The van der Waals surface area contributed by atoms with Crippen molar-refractivity contribution in [3.8, 4) is 11.3 Å². The molecule has 0 spiro atoms. The molecule has 1 heteroatoms. The van der Waals surface area contributed by atoms with Crippen LogP contribution < -0.4 is 4.57 Å².